The molecule has 0 atom stereocenters. The van der Waals surface area contributed by atoms with Gasteiger partial charge in [0.1, 0.15) is 0 Å². The van der Waals surface area contributed by atoms with Crippen LogP contribution in [0.2, 0.25) is 0 Å². The molecule has 2 rings (SSSR count). The number of hydrogen-bond acceptors (Lipinski definition) is 5. The number of rotatable bonds is 3. The Hall–Kier alpha value is -2.08. The van der Waals surface area contributed by atoms with E-state index in [4.69, 9.17) is 10.9 Å². The average molecular weight is 260 g/mol. The van der Waals surface area contributed by atoms with Crippen LogP contribution in [-0.4, -0.2) is 21.0 Å². The van der Waals surface area contributed by atoms with Gasteiger partial charge in [-0.1, -0.05) is 23.4 Å². The number of aromatic nitrogens is 2. The van der Waals surface area contributed by atoms with Gasteiger partial charge in [0.25, 0.3) is 0 Å². The molecule has 0 aliphatic heterocycles. The zero-order valence-electron chi connectivity index (χ0n) is 9.74. The third-order valence-corrected chi connectivity index (χ3v) is 3.20. The Morgan fingerprint density at radius 2 is 2.11 bits per heavy atom. The topological polar surface area (TPSA) is 84.4 Å². The van der Waals surface area contributed by atoms with E-state index in [2.05, 4.69) is 15.1 Å². The van der Waals surface area contributed by atoms with Crippen molar-refractivity contribution in [2.24, 2.45) is 10.9 Å². The van der Waals surface area contributed by atoms with Gasteiger partial charge in [-0.3, -0.25) is 0 Å². The van der Waals surface area contributed by atoms with Gasteiger partial charge in [-0.25, -0.2) is 9.97 Å². The van der Waals surface area contributed by atoms with E-state index in [9.17, 15) is 0 Å². The summed E-state index contributed by atoms with van der Waals surface area (Å²) < 4.78 is 0. The highest BCUT2D eigenvalue weighted by Gasteiger charge is 2.09. The maximum Gasteiger partial charge on any atom is 0.192 e. The number of nitrogens with two attached hydrogens (primary N) is 1. The molecule has 3 N–H and O–H groups in total. The van der Waals surface area contributed by atoms with Gasteiger partial charge in [0.2, 0.25) is 0 Å². The van der Waals surface area contributed by atoms with Crippen molar-refractivity contribution in [3.8, 4) is 0 Å². The van der Waals surface area contributed by atoms with Crippen LogP contribution in [0.15, 0.2) is 51.7 Å². The molecule has 0 amide bonds. The minimum absolute atomic E-state index is 0.0748. The number of benzene rings is 1. The third kappa shape index (κ3) is 2.78. The van der Waals surface area contributed by atoms with Gasteiger partial charge in [0.05, 0.1) is 0 Å². The lowest BCUT2D eigenvalue weighted by Gasteiger charge is -2.06. The summed E-state index contributed by atoms with van der Waals surface area (Å²) in [5, 5.41) is 12.4. The van der Waals surface area contributed by atoms with Gasteiger partial charge >= 0.3 is 0 Å². The van der Waals surface area contributed by atoms with Crippen molar-refractivity contribution in [3.63, 3.8) is 0 Å². The first kappa shape index (κ1) is 12.4. The molecule has 0 bridgehead atoms. The van der Waals surface area contributed by atoms with Crippen molar-refractivity contribution in [3.05, 3.63) is 47.8 Å². The van der Waals surface area contributed by atoms with Crippen LogP contribution < -0.4 is 5.73 Å². The predicted octanol–water partition coefficient (Wildman–Crippen LogP) is 2.03. The molecule has 0 radical (unpaired) electrons. The maximum atomic E-state index is 8.75. The number of hydrogen-bond donors (Lipinski definition) is 2. The monoisotopic (exact) mass is 260 g/mol. The van der Waals surface area contributed by atoms with Crippen molar-refractivity contribution in [1.29, 1.82) is 0 Å². The Morgan fingerprint density at radius 1 is 1.33 bits per heavy atom. The molecule has 1 aromatic carbocycles. The van der Waals surface area contributed by atoms with E-state index >= 15 is 0 Å². The predicted molar refractivity (Wildman–Crippen MR) is 69.8 cm³/mol. The van der Waals surface area contributed by atoms with Gasteiger partial charge in [0.15, 0.2) is 11.0 Å². The average Bonchev–Trinajstić information content (AvgIpc) is 2.38. The van der Waals surface area contributed by atoms with E-state index in [1.165, 1.54) is 11.8 Å². The highest BCUT2D eigenvalue weighted by Crippen LogP contribution is 2.27. The number of amidine groups is 1. The van der Waals surface area contributed by atoms with Crippen molar-refractivity contribution in [2.45, 2.75) is 17.0 Å². The number of aryl methyl sites for hydroxylation is 1. The van der Waals surface area contributed by atoms with Crippen LogP contribution in [0.5, 0.6) is 0 Å². The lowest BCUT2D eigenvalue weighted by atomic mass is 10.2. The van der Waals surface area contributed by atoms with Crippen LogP contribution in [0.25, 0.3) is 0 Å². The van der Waals surface area contributed by atoms with E-state index in [-0.39, 0.29) is 5.84 Å². The Kier molecular flexibility index (Phi) is 3.78. The van der Waals surface area contributed by atoms with E-state index in [0.29, 0.717) is 10.7 Å². The quantitative estimate of drug-likeness (QED) is 0.290. The zero-order valence-corrected chi connectivity index (χ0v) is 10.6. The summed E-state index contributed by atoms with van der Waals surface area (Å²) in [6.07, 6.45) is 1.71. The molecule has 92 valence electrons. The summed E-state index contributed by atoms with van der Waals surface area (Å²) in [7, 11) is 0. The van der Waals surface area contributed by atoms with Crippen LogP contribution in [0.3, 0.4) is 0 Å². The van der Waals surface area contributed by atoms with Crippen LogP contribution in [-0.2, 0) is 0 Å². The molecular weight excluding hydrogens is 248 g/mol. The van der Waals surface area contributed by atoms with Gasteiger partial charge in [-0.15, -0.1) is 0 Å². The molecule has 2 aromatic rings. The van der Waals surface area contributed by atoms with Crippen molar-refractivity contribution >= 4 is 17.6 Å². The van der Waals surface area contributed by atoms with Crippen LogP contribution in [0.1, 0.15) is 11.3 Å². The molecule has 0 aliphatic rings. The second-order valence-corrected chi connectivity index (χ2v) is 4.57. The summed E-state index contributed by atoms with van der Waals surface area (Å²) in [6.45, 7) is 1.90. The first-order valence-corrected chi connectivity index (χ1v) is 6.07. The van der Waals surface area contributed by atoms with Crippen molar-refractivity contribution < 1.29 is 5.21 Å². The maximum absolute atomic E-state index is 8.75. The molecule has 0 unspecified atom stereocenters. The minimum Gasteiger partial charge on any atom is -0.409 e. The molecule has 0 fully saturated rings. The molecule has 0 spiro atoms. The SMILES string of the molecule is Cc1ccnc(Sc2ccccc2C(N)=NO)n1. The lowest BCUT2D eigenvalue weighted by Crippen LogP contribution is -2.14. The van der Waals surface area contributed by atoms with Gasteiger partial charge < -0.3 is 10.9 Å². The Labute approximate surface area is 109 Å². The minimum atomic E-state index is 0.0748. The number of oxime groups is 1. The van der Waals surface area contributed by atoms with E-state index in [1.54, 1.807) is 12.3 Å². The van der Waals surface area contributed by atoms with Crippen molar-refractivity contribution in [1.82, 2.24) is 9.97 Å². The normalized spacial score (nSPS) is 11.5. The molecule has 0 saturated carbocycles. The Bertz CT molecular complexity index is 586. The fraction of sp³-hybridized carbons (Fsp3) is 0.0833. The molecule has 18 heavy (non-hydrogen) atoms. The Balaban J connectivity index is 2.35. The fourth-order valence-corrected chi connectivity index (χ4v) is 2.32. The highest BCUT2D eigenvalue weighted by molar-refractivity contribution is 7.99. The van der Waals surface area contributed by atoms with Gasteiger partial charge in [-0.05, 0) is 30.8 Å². The molecular formula is C12H12N4OS. The molecule has 1 heterocycles. The van der Waals surface area contributed by atoms with E-state index < -0.39 is 0 Å². The molecule has 1 aromatic heterocycles. The van der Waals surface area contributed by atoms with Gasteiger partial charge in [0, 0.05) is 22.3 Å². The smallest absolute Gasteiger partial charge is 0.192 e. The van der Waals surface area contributed by atoms with E-state index in [1.807, 2.05) is 31.2 Å². The summed E-state index contributed by atoms with van der Waals surface area (Å²) in [4.78, 5) is 9.32. The molecule has 0 saturated heterocycles. The first-order valence-electron chi connectivity index (χ1n) is 5.25. The first-order chi connectivity index (χ1) is 8.70. The Morgan fingerprint density at radius 3 is 2.83 bits per heavy atom. The largest absolute Gasteiger partial charge is 0.409 e. The second-order valence-electron chi connectivity index (χ2n) is 3.56. The molecule has 0 aliphatic carbocycles. The summed E-state index contributed by atoms with van der Waals surface area (Å²) in [5.41, 5.74) is 7.18. The van der Waals surface area contributed by atoms with Gasteiger partial charge in [-0.2, -0.15) is 0 Å². The molecule has 6 heteroatoms. The third-order valence-electron chi connectivity index (χ3n) is 2.24. The zero-order chi connectivity index (χ0) is 13.0. The highest BCUT2D eigenvalue weighted by atomic mass is 32.2. The number of nitrogens with zero attached hydrogens (tertiary/aromatic N) is 3. The van der Waals surface area contributed by atoms with Crippen LogP contribution >= 0.6 is 11.8 Å². The fourth-order valence-electron chi connectivity index (χ4n) is 1.39. The van der Waals surface area contributed by atoms with E-state index in [0.717, 1.165) is 10.6 Å². The molecule has 5 nitrogen and oxygen atoms in total. The lowest BCUT2D eigenvalue weighted by molar-refractivity contribution is 0.318. The second kappa shape index (κ2) is 5.50. The summed E-state index contributed by atoms with van der Waals surface area (Å²) >= 11 is 1.38. The van der Waals surface area contributed by atoms with Crippen LogP contribution in [0.4, 0.5) is 0 Å². The van der Waals surface area contributed by atoms with Crippen LogP contribution in [0, 0.1) is 6.92 Å². The standard InChI is InChI=1S/C12H12N4OS/c1-8-6-7-14-12(15-8)18-10-5-3-2-4-9(10)11(13)16-17/h2-7,17H,1H3,(H2,13,16). The summed E-state index contributed by atoms with van der Waals surface area (Å²) in [6, 6.07) is 9.21. The van der Waals surface area contributed by atoms with Crippen molar-refractivity contribution in [2.75, 3.05) is 0 Å². The summed E-state index contributed by atoms with van der Waals surface area (Å²) in [5.74, 6) is 0.0748.